The van der Waals surface area contributed by atoms with Crippen molar-refractivity contribution >= 4 is 6.03 Å². The van der Waals surface area contributed by atoms with E-state index < -0.39 is 0 Å². The Morgan fingerprint density at radius 3 is 2.59 bits per heavy atom. The molecule has 5 heteroatoms. The molecule has 0 saturated heterocycles. The van der Waals surface area contributed by atoms with Gasteiger partial charge >= 0.3 is 6.03 Å². The number of urea groups is 1. The van der Waals surface area contributed by atoms with Crippen LogP contribution in [0, 0.1) is 11.8 Å². The van der Waals surface area contributed by atoms with E-state index in [1.54, 1.807) is 7.11 Å². The Balaban J connectivity index is 1.89. The molecule has 3 N–H and O–H groups in total. The van der Waals surface area contributed by atoms with Crippen LogP contribution in [0.1, 0.15) is 37.8 Å². The SMILES string of the molecule is COc1ccc(C(NC(=O)NCC(C)CCO)C2CC2)cc1. The summed E-state index contributed by atoms with van der Waals surface area (Å²) in [5.74, 6) is 1.62. The summed E-state index contributed by atoms with van der Waals surface area (Å²) in [5.41, 5.74) is 1.11. The van der Waals surface area contributed by atoms with Gasteiger partial charge in [-0.1, -0.05) is 19.1 Å². The van der Waals surface area contributed by atoms with Gasteiger partial charge in [0, 0.05) is 13.2 Å². The third-order valence-corrected chi connectivity index (χ3v) is 4.09. The van der Waals surface area contributed by atoms with Crippen LogP contribution < -0.4 is 15.4 Å². The van der Waals surface area contributed by atoms with Crippen molar-refractivity contribution in [2.45, 2.75) is 32.2 Å². The smallest absolute Gasteiger partial charge is 0.315 e. The van der Waals surface area contributed by atoms with E-state index >= 15 is 0 Å². The van der Waals surface area contributed by atoms with E-state index in [1.807, 2.05) is 31.2 Å². The van der Waals surface area contributed by atoms with Crippen LogP contribution in [0.25, 0.3) is 0 Å². The molecule has 0 radical (unpaired) electrons. The fourth-order valence-corrected chi connectivity index (χ4v) is 2.50. The molecule has 2 unspecified atom stereocenters. The standard InChI is InChI=1S/C17H26N2O3/c1-12(9-10-20)11-18-17(21)19-16(13-3-4-13)14-5-7-15(22-2)8-6-14/h5-8,12-13,16,20H,3-4,9-11H2,1-2H3,(H2,18,19,21). The second kappa shape index (κ2) is 8.03. The first-order valence-electron chi connectivity index (χ1n) is 7.93. The van der Waals surface area contributed by atoms with E-state index in [4.69, 9.17) is 9.84 Å². The predicted molar refractivity (Wildman–Crippen MR) is 85.9 cm³/mol. The number of hydrogen-bond acceptors (Lipinski definition) is 3. The number of hydrogen-bond donors (Lipinski definition) is 3. The first-order valence-corrected chi connectivity index (χ1v) is 7.93. The zero-order valence-electron chi connectivity index (χ0n) is 13.3. The first kappa shape index (κ1) is 16.6. The van der Waals surface area contributed by atoms with Gasteiger partial charge in [0.15, 0.2) is 0 Å². The molecule has 1 saturated carbocycles. The summed E-state index contributed by atoms with van der Waals surface area (Å²) in [6.45, 7) is 2.74. The van der Waals surface area contributed by atoms with Crippen LogP contribution in [0.2, 0.25) is 0 Å². The van der Waals surface area contributed by atoms with Gasteiger partial charge in [0.05, 0.1) is 13.2 Å². The Morgan fingerprint density at radius 1 is 1.36 bits per heavy atom. The van der Waals surface area contributed by atoms with Gasteiger partial charge in [-0.15, -0.1) is 0 Å². The fraction of sp³-hybridized carbons (Fsp3) is 0.588. The topological polar surface area (TPSA) is 70.6 Å². The fourth-order valence-electron chi connectivity index (χ4n) is 2.50. The number of aliphatic hydroxyl groups is 1. The summed E-state index contributed by atoms with van der Waals surface area (Å²) in [5, 5.41) is 14.8. The molecule has 0 aliphatic heterocycles. The van der Waals surface area contributed by atoms with Gasteiger partial charge in [0.25, 0.3) is 0 Å². The lowest BCUT2D eigenvalue weighted by molar-refractivity contribution is 0.229. The van der Waals surface area contributed by atoms with Crippen molar-refractivity contribution in [1.29, 1.82) is 0 Å². The lowest BCUT2D eigenvalue weighted by Gasteiger charge is -2.20. The van der Waals surface area contributed by atoms with Crippen LogP contribution in [-0.2, 0) is 0 Å². The number of carbonyl (C=O) groups is 1. The highest BCUT2D eigenvalue weighted by Gasteiger charge is 2.33. The summed E-state index contributed by atoms with van der Waals surface area (Å²) in [6.07, 6.45) is 3.00. The molecule has 1 aliphatic carbocycles. The normalized spacial score (nSPS) is 16.7. The first-order chi connectivity index (χ1) is 10.6. The minimum absolute atomic E-state index is 0.0547. The molecule has 0 aromatic heterocycles. The Bertz CT molecular complexity index is 471. The largest absolute Gasteiger partial charge is 0.497 e. The molecule has 0 spiro atoms. The molecule has 0 heterocycles. The highest BCUT2D eigenvalue weighted by molar-refractivity contribution is 5.74. The minimum Gasteiger partial charge on any atom is -0.497 e. The molecule has 1 fully saturated rings. The van der Waals surface area contributed by atoms with Gasteiger partial charge in [0.2, 0.25) is 0 Å². The molecule has 2 amide bonds. The third kappa shape index (κ3) is 4.91. The number of rotatable bonds is 8. The zero-order chi connectivity index (χ0) is 15.9. The highest BCUT2D eigenvalue weighted by atomic mass is 16.5. The average molecular weight is 306 g/mol. The van der Waals surface area contributed by atoms with Crippen molar-refractivity contribution < 1.29 is 14.6 Å². The molecule has 122 valence electrons. The third-order valence-electron chi connectivity index (χ3n) is 4.09. The lowest BCUT2D eigenvalue weighted by atomic mass is 10.0. The van der Waals surface area contributed by atoms with Crippen molar-refractivity contribution in [1.82, 2.24) is 10.6 Å². The van der Waals surface area contributed by atoms with E-state index in [0.29, 0.717) is 18.9 Å². The van der Waals surface area contributed by atoms with Crippen molar-refractivity contribution in [3.05, 3.63) is 29.8 Å². The summed E-state index contributed by atoms with van der Waals surface area (Å²) in [7, 11) is 1.65. The Hall–Kier alpha value is -1.75. The van der Waals surface area contributed by atoms with Crippen LogP contribution in [0.5, 0.6) is 5.75 Å². The molecule has 2 rings (SSSR count). The number of benzene rings is 1. The van der Waals surface area contributed by atoms with Crippen LogP contribution in [-0.4, -0.2) is 31.4 Å². The maximum absolute atomic E-state index is 12.1. The Morgan fingerprint density at radius 2 is 2.05 bits per heavy atom. The van der Waals surface area contributed by atoms with Crippen LogP contribution in [0.4, 0.5) is 4.79 Å². The highest BCUT2D eigenvalue weighted by Crippen LogP contribution is 2.41. The van der Waals surface area contributed by atoms with Gasteiger partial charge in [-0.05, 0) is 48.8 Å². The van der Waals surface area contributed by atoms with Gasteiger partial charge < -0.3 is 20.5 Å². The zero-order valence-corrected chi connectivity index (χ0v) is 13.3. The van der Waals surface area contributed by atoms with E-state index in [2.05, 4.69) is 10.6 Å². The molecular weight excluding hydrogens is 280 g/mol. The van der Waals surface area contributed by atoms with Crippen LogP contribution in [0.15, 0.2) is 24.3 Å². The number of aliphatic hydroxyl groups excluding tert-OH is 1. The summed E-state index contributed by atoms with van der Waals surface area (Å²) in [6, 6.07) is 7.78. The monoisotopic (exact) mass is 306 g/mol. The summed E-state index contributed by atoms with van der Waals surface area (Å²) in [4.78, 5) is 12.1. The number of nitrogens with one attached hydrogen (secondary N) is 2. The van der Waals surface area contributed by atoms with E-state index in [-0.39, 0.29) is 24.6 Å². The van der Waals surface area contributed by atoms with Crippen molar-refractivity contribution in [2.24, 2.45) is 11.8 Å². The number of ether oxygens (including phenoxy) is 1. The predicted octanol–water partition coefficient (Wildman–Crippen LogP) is 2.46. The van der Waals surface area contributed by atoms with Crippen LogP contribution >= 0.6 is 0 Å². The van der Waals surface area contributed by atoms with E-state index in [1.165, 1.54) is 0 Å². The quantitative estimate of drug-likeness (QED) is 0.691. The molecule has 0 bridgehead atoms. The van der Waals surface area contributed by atoms with Crippen molar-refractivity contribution in [2.75, 3.05) is 20.3 Å². The molecule has 5 nitrogen and oxygen atoms in total. The number of methoxy groups -OCH3 is 1. The molecule has 1 aliphatic rings. The van der Waals surface area contributed by atoms with Crippen molar-refractivity contribution in [3.8, 4) is 5.75 Å². The van der Waals surface area contributed by atoms with Gasteiger partial charge in [-0.25, -0.2) is 4.79 Å². The van der Waals surface area contributed by atoms with Gasteiger partial charge in [-0.3, -0.25) is 0 Å². The molecule has 22 heavy (non-hydrogen) atoms. The minimum atomic E-state index is -0.141. The number of amides is 2. The summed E-state index contributed by atoms with van der Waals surface area (Å²) >= 11 is 0. The van der Waals surface area contributed by atoms with Crippen molar-refractivity contribution in [3.63, 3.8) is 0 Å². The second-order valence-corrected chi connectivity index (χ2v) is 6.06. The Kier molecular flexibility index (Phi) is 6.07. The molecule has 2 atom stereocenters. The maximum atomic E-state index is 12.1. The lowest BCUT2D eigenvalue weighted by Crippen LogP contribution is -2.40. The van der Waals surface area contributed by atoms with Crippen LogP contribution in [0.3, 0.4) is 0 Å². The van der Waals surface area contributed by atoms with Gasteiger partial charge in [-0.2, -0.15) is 0 Å². The average Bonchev–Trinajstić information content (AvgIpc) is 3.36. The Labute approximate surface area is 132 Å². The van der Waals surface area contributed by atoms with E-state index in [0.717, 1.165) is 24.2 Å². The second-order valence-electron chi connectivity index (χ2n) is 6.06. The molecule has 1 aromatic rings. The van der Waals surface area contributed by atoms with E-state index in [9.17, 15) is 4.79 Å². The molecule has 1 aromatic carbocycles. The molecular formula is C17H26N2O3. The van der Waals surface area contributed by atoms with Gasteiger partial charge in [0.1, 0.15) is 5.75 Å². The summed E-state index contributed by atoms with van der Waals surface area (Å²) < 4.78 is 5.17. The number of carbonyl (C=O) groups excluding carboxylic acids is 1. The maximum Gasteiger partial charge on any atom is 0.315 e.